The summed E-state index contributed by atoms with van der Waals surface area (Å²) in [6, 6.07) is 0.728. The number of hydrogen-bond acceptors (Lipinski definition) is 3. The Balaban J connectivity index is 2.01. The zero-order valence-corrected chi connectivity index (χ0v) is 14.5. The van der Waals surface area contributed by atoms with E-state index in [-0.39, 0.29) is 0 Å². The molecule has 1 heterocycles. The van der Waals surface area contributed by atoms with Crippen LogP contribution in [-0.2, 0) is 4.74 Å². The largest absolute Gasteiger partial charge is 0.378 e. The van der Waals surface area contributed by atoms with E-state index in [0.29, 0.717) is 18.2 Å². The van der Waals surface area contributed by atoms with Crippen molar-refractivity contribution in [3.05, 3.63) is 16.4 Å². The number of aromatic nitrogens is 2. The minimum Gasteiger partial charge on any atom is -0.378 e. The molecule has 0 aliphatic heterocycles. The Labute approximate surface area is 130 Å². The normalized spacial score (nSPS) is 23.9. The third-order valence-corrected chi connectivity index (χ3v) is 4.73. The quantitative estimate of drug-likeness (QED) is 0.820. The molecule has 1 fully saturated rings. The molecule has 0 radical (unpaired) electrons. The lowest BCUT2D eigenvalue weighted by atomic mass is 9.77. The Hall–Kier alpha value is -0.390. The highest BCUT2D eigenvalue weighted by Crippen LogP contribution is 2.38. The van der Waals surface area contributed by atoms with Gasteiger partial charge in [0.25, 0.3) is 0 Å². The summed E-state index contributed by atoms with van der Waals surface area (Å²) in [5.74, 6) is 0.756. The third-order valence-electron chi connectivity index (χ3n) is 4.12. The molecule has 0 spiro atoms. The lowest BCUT2D eigenvalue weighted by Gasteiger charge is -2.37. The Morgan fingerprint density at radius 2 is 2.20 bits per heavy atom. The van der Waals surface area contributed by atoms with Gasteiger partial charge in [0, 0.05) is 12.6 Å². The van der Waals surface area contributed by atoms with E-state index < -0.39 is 0 Å². The summed E-state index contributed by atoms with van der Waals surface area (Å²) in [6.07, 6.45) is 5.93. The van der Waals surface area contributed by atoms with Gasteiger partial charge in [-0.05, 0) is 68.9 Å². The molecular formula is C15H26BrN3O. The summed E-state index contributed by atoms with van der Waals surface area (Å²) in [7, 11) is 2.04. The molecule has 5 heteroatoms. The van der Waals surface area contributed by atoms with Crippen LogP contribution >= 0.6 is 15.9 Å². The number of nitrogens with zero attached hydrogens (tertiary/aromatic N) is 2. The lowest BCUT2D eigenvalue weighted by Crippen LogP contribution is -2.34. The van der Waals surface area contributed by atoms with E-state index in [1.807, 2.05) is 13.2 Å². The summed E-state index contributed by atoms with van der Waals surface area (Å²) in [6.45, 7) is 7.24. The smallest absolute Gasteiger partial charge is 0.0698 e. The van der Waals surface area contributed by atoms with Gasteiger partial charge in [0.1, 0.15) is 0 Å². The molecule has 1 atom stereocenters. The van der Waals surface area contributed by atoms with E-state index in [1.54, 1.807) is 0 Å². The van der Waals surface area contributed by atoms with Crippen molar-refractivity contribution >= 4 is 15.9 Å². The molecule has 2 rings (SSSR count). The van der Waals surface area contributed by atoms with Crippen LogP contribution in [0.25, 0.3) is 0 Å². The van der Waals surface area contributed by atoms with Gasteiger partial charge in [-0.25, -0.2) is 0 Å². The Morgan fingerprint density at radius 1 is 1.50 bits per heavy atom. The summed E-state index contributed by atoms with van der Waals surface area (Å²) in [5, 5.41) is 7.94. The average Bonchev–Trinajstić information content (AvgIpc) is 2.74. The van der Waals surface area contributed by atoms with Crippen molar-refractivity contribution < 1.29 is 4.74 Å². The fourth-order valence-electron chi connectivity index (χ4n) is 3.03. The van der Waals surface area contributed by atoms with Crippen LogP contribution in [0.1, 0.15) is 57.8 Å². The first-order valence-electron chi connectivity index (χ1n) is 7.58. The highest BCUT2D eigenvalue weighted by Gasteiger charge is 2.33. The Bertz CT molecular complexity index is 427. The van der Waals surface area contributed by atoms with Crippen LogP contribution in [0.2, 0.25) is 0 Å². The van der Waals surface area contributed by atoms with Gasteiger partial charge < -0.3 is 10.1 Å². The monoisotopic (exact) mass is 343 g/mol. The van der Waals surface area contributed by atoms with Crippen molar-refractivity contribution in [3.63, 3.8) is 0 Å². The topological polar surface area (TPSA) is 39.1 Å². The zero-order valence-electron chi connectivity index (χ0n) is 12.9. The number of rotatable bonds is 7. The molecule has 0 aromatic carbocycles. The second-order valence-electron chi connectivity index (χ2n) is 5.91. The lowest BCUT2D eigenvalue weighted by molar-refractivity contribution is -0.0292. The van der Waals surface area contributed by atoms with Crippen molar-refractivity contribution in [2.45, 2.75) is 58.2 Å². The molecule has 1 aliphatic carbocycles. The van der Waals surface area contributed by atoms with Gasteiger partial charge in [-0.3, -0.25) is 4.68 Å². The van der Waals surface area contributed by atoms with Crippen LogP contribution in [0.5, 0.6) is 0 Å². The maximum atomic E-state index is 5.65. The van der Waals surface area contributed by atoms with Gasteiger partial charge in [0.15, 0.2) is 0 Å². The molecule has 1 unspecified atom stereocenters. The second-order valence-corrected chi connectivity index (χ2v) is 6.76. The first-order chi connectivity index (χ1) is 9.56. The fraction of sp³-hybridized carbons (Fsp3) is 0.800. The maximum Gasteiger partial charge on any atom is 0.0698 e. The van der Waals surface area contributed by atoms with E-state index in [4.69, 9.17) is 4.74 Å². The number of hydrogen-bond donors (Lipinski definition) is 1. The first-order valence-corrected chi connectivity index (χ1v) is 8.37. The predicted molar refractivity (Wildman–Crippen MR) is 84.9 cm³/mol. The van der Waals surface area contributed by atoms with Gasteiger partial charge in [-0.1, -0.05) is 0 Å². The molecule has 4 nitrogen and oxygen atoms in total. The maximum absolute atomic E-state index is 5.65. The molecule has 20 heavy (non-hydrogen) atoms. The first kappa shape index (κ1) is 16.0. The molecule has 0 saturated heterocycles. The van der Waals surface area contributed by atoms with Crippen molar-refractivity contribution in [3.8, 4) is 0 Å². The van der Waals surface area contributed by atoms with Crippen LogP contribution in [0.15, 0.2) is 10.7 Å². The van der Waals surface area contributed by atoms with Gasteiger partial charge in [0.05, 0.1) is 28.5 Å². The van der Waals surface area contributed by atoms with Crippen LogP contribution in [0, 0.1) is 5.92 Å². The highest BCUT2D eigenvalue weighted by atomic mass is 79.9. The van der Waals surface area contributed by atoms with E-state index >= 15 is 0 Å². The van der Waals surface area contributed by atoms with E-state index in [0.717, 1.165) is 23.4 Å². The highest BCUT2D eigenvalue weighted by molar-refractivity contribution is 9.10. The summed E-state index contributed by atoms with van der Waals surface area (Å²) in [4.78, 5) is 0. The van der Waals surface area contributed by atoms with Crippen LogP contribution in [0.4, 0.5) is 0 Å². The molecule has 0 amide bonds. The SMILES string of the molecule is CCOC1CC(CC(NC)c2c(Br)cnn2C(C)C)C1. The minimum absolute atomic E-state index is 0.349. The number of halogens is 1. The molecule has 114 valence electrons. The molecule has 1 saturated carbocycles. The molecular weight excluding hydrogens is 318 g/mol. The van der Waals surface area contributed by atoms with Gasteiger partial charge in [-0.15, -0.1) is 0 Å². The molecule has 0 bridgehead atoms. The average molecular weight is 344 g/mol. The number of ether oxygens (including phenoxy) is 1. The van der Waals surface area contributed by atoms with Crippen LogP contribution in [0.3, 0.4) is 0 Å². The van der Waals surface area contributed by atoms with E-state index in [1.165, 1.54) is 18.5 Å². The van der Waals surface area contributed by atoms with E-state index in [9.17, 15) is 0 Å². The van der Waals surface area contributed by atoms with Crippen molar-refractivity contribution in [2.24, 2.45) is 5.92 Å². The second kappa shape index (κ2) is 7.05. The molecule has 1 aliphatic rings. The van der Waals surface area contributed by atoms with Crippen LogP contribution in [-0.4, -0.2) is 29.5 Å². The van der Waals surface area contributed by atoms with Crippen LogP contribution < -0.4 is 5.32 Å². The zero-order chi connectivity index (χ0) is 14.7. The summed E-state index contributed by atoms with van der Waals surface area (Å²) in [5.41, 5.74) is 1.27. The van der Waals surface area contributed by atoms with Gasteiger partial charge >= 0.3 is 0 Å². The summed E-state index contributed by atoms with van der Waals surface area (Å²) < 4.78 is 8.87. The minimum atomic E-state index is 0.349. The van der Waals surface area contributed by atoms with Gasteiger partial charge in [-0.2, -0.15) is 5.10 Å². The molecule has 1 N–H and O–H groups in total. The summed E-state index contributed by atoms with van der Waals surface area (Å²) >= 11 is 3.65. The number of nitrogens with one attached hydrogen (secondary N) is 1. The fourth-order valence-corrected chi connectivity index (χ4v) is 3.58. The van der Waals surface area contributed by atoms with E-state index in [2.05, 4.69) is 51.8 Å². The van der Waals surface area contributed by atoms with Crippen molar-refractivity contribution in [2.75, 3.05) is 13.7 Å². The Morgan fingerprint density at radius 3 is 2.75 bits per heavy atom. The standard InChI is InChI=1S/C15H26BrN3O/c1-5-20-12-6-11(7-12)8-14(17-4)15-13(16)9-18-19(15)10(2)3/h9-12,14,17H,5-8H2,1-4H3. The third kappa shape index (κ3) is 3.43. The molecule has 1 aromatic heterocycles. The van der Waals surface area contributed by atoms with Gasteiger partial charge in [0.2, 0.25) is 0 Å². The van der Waals surface area contributed by atoms with Crippen molar-refractivity contribution in [1.29, 1.82) is 0 Å². The molecule has 1 aromatic rings. The predicted octanol–water partition coefficient (Wildman–Crippen LogP) is 3.69. The Kier molecular flexibility index (Phi) is 5.64. The van der Waals surface area contributed by atoms with Crippen molar-refractivity contribution in [1.82, 2.24) is 15.1 Å².